The topological polar surface area (TPSA) is 97.7 Å². The zero-order valence-corrected chi connectivity index (χ0v) is 15.5. The van der Waals surface area contributed by atoms with Crippen LogP contribution in [0, 0.1) is 0 Å². The molecule has 0 saturated heterocycles. The van der Waals surface area contributed by atoms with Crippen molar-refractivity contribution < 1.29 is 51.9 Å². The van der Waals surface area contributed by atoms with E-state index in [2.05, 4.69) is 4.18 Å². The van der Waals surface area contributed by atoms with Crippen LogP contribution in [0.15, 0.2) is 24.3 Å². The maximum Gasteiger partial charge on any atom is 0.450 e. The Morgan fingerprint density at radius 1 is 0.815 bits per heavy atom. The molecule has 0 heterocycles. The first-order valence-corrected chi connectivity index (χ1v) is 9.68. The van der Waals surface area contributed by atoms with E-state index in [0.29, 0.717) is 5.56 Å². The predicted octanol–water partition coefficient (Wildman–Crippen LogP) is 3.40. The Kier molecular flexibility index (Phi) is 5.67. The van der Waals surface area contributed by atoms with Crippen molar-refractivity contribution >= 4 is 20.2 Å². The summed E-state index contributed by atoms with van der Waals surface area (Å²) in [6.45, 7) is 5.23. The third-order valence-electron chi connectivity index (χ3n) is 3.30. The van der Waals surface area contributed by atoms with Crippen LogP contribution in [0.2, 0.25) is 0 Å². The first kappa shape index (κ1) is 23.5. The van der Waals surface area contributed by atoms with Gasteiger partial charge in [0.2, 0.25) is 0 Å². The fourth-order valence-corrected chi connectivity index (χ4v) is 3.11. The second kappa shape index (κ2) is 6.51. The summed E-state index contributed by atoms with van der Waals surface area (Å²) in [5.74, 6) is -7.95. The van der Waals surface area contributed by atoms with Gasteiger partial charge in [0, 0.05) is 0 Å². The van der Waals surface area contributed by atoms with E-state index in [9.17, 15) is 43.2 Å². The minimum atomic E-state index is -7.08. The van der Waals surface area contributed by atoms with Gasteiger partial charge in [-0.2, -0.15) is 43.2 Å². The number of hydrogen-bond donors (Lipinski definition) is 1. The number of rotatable bonds is 6. The van der Waals surface area contributed by atoms with E-state index in [1.807, 2.05) is 0 Å². The zero-order chi connectivity index (χ0) is 21.7. The van der Waals surface area contributed by atoms with Crippen LogP contribution in [-0.2, 0) is 25.7 Å². The largest absolute Gasteiger partial charge is 0.450 e. The number of alkyl halides is 6. The monoisotopic (exact) mass is 444 g/mol. The molecule has 0 radical (unpaired) electrons. The first-order chi connectivity index (χ1) is 11.7. The molecule has 0 aliphatic heterocycles. The molecular formula is C13H14F6O6S2. The lowest BCUT2D eigenvalue weighted by Gasteiger charge is -2.29. The Hall–Kier alpha value is -1.54. The highest BCUT2D eigenvalue weighted by molar-refractivity contribution is 7.88. The molecule has 14 heteroatoms. The lowest BCUT2D eigenvalue weighted by Crippen LogP contribution is -2.61. The van der Waals surface area contributed by atoms with Crippen LogP contribution in [0.3, 0.4) is 0 Å². The van der Waals surface area contributed by atoms with Gasteiger partial charge in [-0.05, 0) is 23.1 Å². The molecule has 0 aliphatic rings. The quantitative estimate of drug-likeness (QED) is 0.410. The van der Waals surface area contributed by atoms with Gasteiger partial charge in [-0.15, -0.1) is 0 Å². The van der Waals surface area contributed by atoms with Crippen molar-refractivity contribution in [1.82, 2.24) is 0 Å². The van der Waals surface area contributed by atoms with Crippen LogP contribution in [0.4, 0.5) is 26.3 Å². The summed E-state index contributed by atoms with van der Waals surface area (Å²) in [6, 6.07) is 4.06. The van der Waals surface area contributed by atoms with Crippen LogP contribution in [0.25, 0.3) is 0 Å². The molecule has 0 spiro atoms. The molecule has 27 heavy (non-hydrogen) atoms. The Labute approximate surface area is 151 Å². The molecule has 1 aromatic rings. The SMILES string of the molecule is CC(C)(C)c1ccc(OS(=O)(=O)C(F)(F)C(F)(F)C(F)(F)S(=O)(=O)O)cc1. The average Bonchev–Trinajstić information content (AvgIpc) is 2.44. The van der Waals surface area contributed by atoms with E-state index in [1.54, 1.807) is 20.8 Å². The van der Waals surface area contributed by atoms with E-state index in [-0.39, 0.29) is 0 Å². The van der Waals surface area contributed by atoms with Gasteiger partial charge < -0.3 is 4.18 Å². The second-order valence-corrected chi connectivity index (χ2v) is 9.45. The lowest BCUT2D eigenvalue weighted by atomic mass is 9.87. The molecule has 1 rings (SSSR count). The Balaban J connectivity index is 3.33. The highest BCUT2D eigenvalue weighted by Gasteiger charge is 2.83. The van der Waals surface area contributed by atoms with Crippen molar-refractivity contribution in [3.63, 3.8) is 0 Å². The van der Waals surface area contributed by atoms with E-state index in [4.69, 9.17) is 4.55 Å². The lowest BCUT2D eigenvalue weighted by molar-refractivity contribution is -0.247. The summed E-state index contributed by atoms with van der Waals surface area (Å²) in [5.41, 5.74) is 0.119. The molecule has 0 unspecified atom stereocenters. The van der Waals surface area contributed by atoms with Gasteiger partial charge in [0.15, 0.2) is 0 Å². The fraction of sp³-hybridized carbons (Fsp3) is 0.538. The van der Waals surface area contributed by atoms with Crippen molar-refractivity contribution in [3.8, 4) is 5.75 Å². The minimum Gasteiger partial charge on any atom is -0.378 e. The first-order valence-electron chi connectivity index (χ1n) is 6.83. The van der Waals surface area contributed by atoms with Crippen molar-refractivity contribution in [3.05, 3.63) is 29.8 Å². The van der Waals surface area contributed by atoms with Crippen molar-refractivity contribution in [2.24, 2.45) is 0 Å². The highest BCUT2D eigenvalue weighted by atomic mass is 32.2. The van der Waals surface area contributed by atoms with Gasteiger partial charge in [-0.3, -0.25) is 4.55 Å². The Morgan fingerprint density at radius 3 is 1.56 bits per heavy atom. The molecule has 6 nitrogen and oxygen atoms in total. The van der Waals surface area contributed by atoms with Gasteiger partial charge in [-0.25, -0.2) is 0 Å². The van der Waals surface area contributed by atoms with Crippen molar-refractivity contribution in [2.45, 2.75) is 42.6 Å². The van der Waals surface area contributed by atoms with E-state index >= 15 is 0 Å². The normalized spacial score (nSPS) is 14.9. The molecule has 1 N–H and O–H groups in total. The fourth-order valence-electron chi connectivity index (χ4n) is 1.68. The van der Waals surface area contributed by atoms with Crippen LogP contribution in [0.1, 0.15) is 26.3 Å². The summed E-state index contributed by atoms with van der Waals surface area (Å²) >= 11 is 0. The predicted molar refractivity (Wildman–Crippen MR) is 81.1 cm³/mol. The molecule has 0 aliphatic carbocycles. The van der Waals surface area contributed by atoms with E-state index in [1.165, 1.54) is 12.1 Å². The van der Waals surface area contributed by atoms with Gasteiger partial charge in [0.25, 0.3) is 0 Å². The summed E-state index contributed by atoms with van der Waals surface area (Å²) in [6.07, 6.45) is 0. The molecule has 1 aromatic carbocycles. The molecule has 0 bridgehead atoms. The molecule has 156 valence electrons. The van der Waals surface area contributed by atoms with Gasteiger partial charge in [0.05, 0.1) is 0 Å². The van der Waals surface area contributed by atoms with Crippen LogP contribution in [0.5, 0.6) is 5.75 Å². The second-order valence-electron chi connectivity index (χ2n) is 6.39. The number of benzene rings is 1. The maximum absolute atomic E-state index is 13.6. The summed E-state index contributed by atoms with van der Waals surface area (Å²) in [4.78, 5) is 0. The van der Waals surface area contributed by atoms with Crippen molar-refractivity contribution in [1.29, 1.82) is 0 Å². The van der Waals surface area contributed by atoms with Gasteiger partial charge >= 0.3 is 36.7 Å². The van der Waals surface area contributed by atoms with Gasteiger partial charge in [-0.1, -0.05) is 32.9 Å². The summed E-state index contributed by atoms with van der Waals surface area (Å²) in [5, 5.41) is -13.5. The molecule has 0 atom stereocenters. The molecule has 0 saturated carbocycles. The maximum atomic E-state index is 13.6. The number of hydrogen-bond acceptors (Lipinski definition) is 5. The van der Waals surface area contributed by atoms with Crippen LogP contribution < -0.4 is 4.18 Å². The van der Waals surface area contributed by atoms with E-state index in [0.717, 1.165) is 12.1 Å². The summed E-state index contributed by atoms with van der Waals surface area (Å²) < 4.78 is 136. The highest BCUT2D eigenvalue weighted by Crippen LogP contribution is 2.50. The minimum absolute atomic E-state index is 0.452. The standard InChI is InChI=1S/C13H14F6O6S2/c1-10(2,3)8-4-6-9(7-5-8)25-27(23,24)13(18,19)11(14,15)12(16,17)26(20,21)22/h4-7H,1-3H3,(H,20,21,22). The van der Waals surface area contributed by atoms with Gasteiger partial charge in [0.1, 0.15) is 5.75 Å². The molecular weight excluding hydrogens is 430 g/mol. The average molecular weight is 444 g/mol. The van der Waals surface area contributed by atoms with Crippen molar-refractivity contribution in [2.75, 3.05) is 0 Å². The van der Waals surface area contributed by atoms with E-state index < -0.39 is 47.8 Å². The van der Waals surface area contributed by atoms with Crippen LogP contribution >= 0.6 is 0 Å². The molecule has 0 amide bonds. The zero-order valence-electron chi connectivity index (χ0n) is 13.9. The molecule has 0 aromatic heterocycles. The summed E-state index contributed by atoms with van der Waals surface area (Å²) in [7, 11) is -13.9. The third-order valence-corrected chi connectivity index (χ3v) is 5.50. The Bertz CT molecular complexity index is 902. The third kappa shape index (κ3) is 4.01. The number of halogens is 6. The van der Waals surface area contributed by atoms with Crippen LogP contribution in [-0.4, -0.2) is 37.8 Å². The Morgan fingerprint density at radius 2 is 1.22 bits per heavy atom. The smallest absolute Gasteiger partial charge is 0.378 e. The molecule has 0 fully saturated rings.